The lowest BCUT2D eigenvalue weighted by Crippen LogP contribution is -2.07. The second-order valence-corrected chi connectivity index (χ2v) is 3.72. The van der Waals surface area contributed by atoms with E-state index in [1.54, 1.807) is 0 Å². The summed E-state index contributed by atoms with van der Waals surface area (Å²) in [4.78, 5) is 0. The average molecular weight is 232 g/mol. The number of hydrogen-bond donors (Lipinski definition) is 1. The Kier molecular flexibility index (Phi) is 27.1. The number of hydrogen-bond acceptors (Lipinski definition) is 1. The summed E-state index contributed by atoms with van der Waals surface area (Å²) in [5.74, 6) is 1.43. The minimum atomic E-state index is 0.372. The van der Waals surface area contributed by atoms with Crippen LogP contribution in [0.4, 0.5) is 0 Å². The van der Waals surface area contributed by atoms with Gasteiger partial charge in [-0.15, -0.1) is 0 Å². The highest BCUT2D eigenvalue weighted by Crippen LogP contribution is 2.19. The summed E-state index contributed by atoms with van der Waals surface area (Å²) in [6.07, 6.45) is 6.21. The standard InChI is InChI=1S/C11H24O.2C2H6/c1-4-10(5-2)7-8-11(6-3)9-12;2*1-2/h10-12H,4-9H2,1-3H3;2*1-2H3. The van der Waals surface area contributed by atoms with Crippen molar-refractivity contribution in [3.8, 4) is 0 Å². The zero-order valence-electron chi connectivity index (χ0n) is 12.8. The Bertz CT molecular complexity index is 71.4. The third-order valence-corrected chi connectivity index (χ3v) is 2.97. The summed E-state index contributed by atoms with van der Waals surface area (Å²) in [5, 5.41) is 8.98. The van der Waals surface area contributed by atoms with Crippen LogP contribution in [0.2, 0.25) is 0 Å². The second-order valence-electron chi connectivity index (χ2n) is 3.72. The molecule has 0 heterocycles. The summed E-state index contributed by atoms with van der Waals surface area (Å²) < 4.78 is 0. The van der Waals surface area contributed by atoms with Crippen molar-refractivity contribution in [2.24, 2.45) is 11.8 Å². The first-order valence-electron chi connectivity index (χ1n) is 7.39. The lowest BCUT2D eigenvalue weighted by atomic mass is 9.91. The predicted octanol–water partition coefficient (Wildman–Crippen LogP) is 5.27. The van der Waals surface area contributed by atoms with Crippen LogP contribution in [0, 0.1) is 11.8 Å². The van der Waals surface area contributed by atoms with Gasteiger partial charge in [-0.1, -0.05) is 74.1 Å². The fraction of sp³-hybridized carbons (Fsp3) is 1.00. The molecule has 0 saturated heterocycles. The van der Waals surface area contributed by atoms with Gasteiger partial charge in [-0.3, -0.25) is 0 Å². The topological polar surface area (TPSA) is 20.2 Å². The smallest absolute Gasteiger partial charge is 0.0459 e. The maximum absolute atomic E-state index is 8.98. The van der Waals surface area contributed by atoms with Gasteiger partial charge in [-0.25, -0.2) is 0 Å². The Morgan fingerprint density at radius 3 is 1.25 bits per heavy atom. The third-order valence-electron chi connectivity index (χ3n) is 2.97. The molecule has 0 aromatic rings. The van der Waals surface area contributed by atoms with Crippen LogP contribution >= 0.6 is 0 Å². The lowest BCUT2D eigenvalue weighted by molar-refractivity contribution is 0.205. The zero-order chi connectivity index (χ0) is 13.4. The Morgan fingerprint density at radius 1 is 0.688 bits per heavy atom. The van der Waals surface area contributed by atoms with Gasteiger partial charge in [0.2, 0.25) is 0 Å². The van der Waals surface area contributed by atoms with Crippen molar-refractivity contribution in [3.63, 3.8) is 0 Å². The first-order valence-corrected chi connectivity index (χ1v) is 7.39. The molecule has 1 atom stereocenters. The van der Waals surface area contributed by atoms with E-state index in [1.807, 2.05) is 27.7 Å². The van der Waals surface area contributed by atoms with Crippen LogP contribution < -0.4 is 0 Å². The second kappa shape index (κ2) is 20.4. The molecule has 102 valence electrons. The van der Waals surface area contributed by atoms with E-state index in [-0.39, 0.29) is 0 Å². The Hall–Kier alpha value is -0.0400. The van der Waals surface area contributed by atoms with Crippen LogP contribution in [0.5, 0.6) is 0 Å². The summed E-state index contributed by atoms with van der Waals surface area (Å²) in [6.45, 7) is 15.0. The number of aliphatic hydroxyl groups excluding tert-OH is 1. The minimum Gasteiger partial charge on any atom is -0.396 e. The molecular formula is C15H36O. The van der Waals surface area contributed by atoms with Crippen molar-refractivity contribution in [3.05, 3.63) is 0 Å². The van der Waals surface area contributed by atoms with Crippen LogP contribution in [-0.2, 0) is 0 Å². The first-order chi connectivity index (χ1) is 7.78. The highest BCUT2D eigenvalue weighted by Gasteiger charge is 2.08. The molecule has 0 aromatic heterocycles. The van der Waals surface area contributed by atoms with E-state index in [2.05, 4.69) is 20.8 Å². The SMILES string of the molecule is CC.CC.CCC(CC)CCC(CC)CO. The van der Waals surface area contributed by atoms with Crippen LogP contribution in [0.25, 0.3) is 0 Å². The van der Waals surface area contributed by atoms with Crippen LogP contribution in [-0.4, -0.2) is 11.7 Å². The summed E-state index contributed by atoms with van der Waals surface area (Å²) in [5.41, 5.74) is 0. The largest absolute Gasteiger partial charge is 0.396 e. The van der Waals surface area contributed by atoms with E-state index < -0.39 is 0 Å². The zero-order valence-corrected chi connectivity index (χ0v) is 12.8. The Balaban J connectivity index is -0.000000376. The Morgan fingerprint density at radius 2 is 1.00 bits per heavy atom. The molecule has 1 heteroatoms. The van der Waals surface area contributed by atoms with Crippen molar-refractivity contribution < 1.29 is 5.11 Å². The van der Waals surface area contributed by atoms with Crippen molar-refractivity contribution in [2.75, 3.05) is 6.61 Å². The maximum atomic E-state index is 8.98. The molecule has 0 rings (SSSR count). The molecule has 1 unspecified atom stereocenters. The van der Waals surface area contributed by atoms with Gasteiger partial charge in [0.1, 0.15) is 0 Å². The molecule has 0 aromatic carbocycles. The quantitative estimate of drug-likeness (QED) is 0.633. The van der Waals surface area contributed by atoms with Gasteiger partial charge in [-0.2, -0.15) is 0 Å². The highest BCUT2D eigenvalue weighted by molar-refractivity contribution is 4.60. The van der Waals surface area contributed by atoms with Gasteiger partial charge in [0, 0.05) is 6.61 Å². The van der Waals surface area contributed by atoms with E-state index in [9.17, 15) is 0 Å². The van der Waals surface area contributed by atoms with E-state index in [4.69, 9.17) is 5.11 Å². The van der Waals surface area contributed by atoms with Crippen molar-refractivity contribution in [1.29, 1.82) is 0 Å². The molecule has 16 heavy (non-hydrogen) atoms. The molecule has 0 saturated carbocycles. The molecule has 0 aliphatic heterocycles. The molecule has 0 amide bonds. The van der Waals surface area contributed by atoms with Gasteiger partial charge < -0.3 is 5.11 Å². The molecule has 0 spiro atoms. The van der Waals surface area contributed by atoms with Crippen LogP contribution in [0.15, 0.2) is 0 Å². The summed E-state index contributed by atoms with van der Waals surface area (Å²) >= 11 is 0. The van der Waals surface area contributed by atoms with Crippen molar-refractivity contribution in [2.45, 2.75) is 80.6 Å². The highest BCUT2D eigenvalue weighted by atomic mass is 16.3. The van der Waals surface area contributed by atoms with E-state index >= 15 is 0 Å². The van der Waals surface area contributed by atoms with Gasteiger partial charge in [0.15, 0.2) is 0 Å². The molecular weight excluding hydrogens is 196 g/mol. The fourth-order valence-corrected chi connectivity index (χ4v) is 1.59. The maximum Gasteiger partial charge on any atom is 0.0459 e. The first kappa shape index (κ1) is 21.3. The summed E-state index contributed by atoms with van der Waals surface area (Å²) in [7, 11) is 0. The van der Waals surface area contributed by atoms with Gasteiger partial charge in [-0.05, 0) is 18.3 Å². The number of rotatable bonds is 7. The molecule has 1 nitrogen and oxygen atoms in total. The molecule has 0 aliphatic rings. The lowest BCUT2D eigenvalue weighted by Gasteiger charge is -2.16. The normalized spacial score (nSPS) is 11.1. The predicted molar refractivity (Wildman–Crippen MR) is 76.9 cm³/mol. The van der Waals surface area contributed by atoms with E-state index in [0.717, 1.165) is 12.3 Å². The fourth-order valence-electron chi connectivity index (χ4n) is 1.59. The van der Waals surface area contributed by atoms with E-state index in [0.29, 0.717) is 12.5 Å². The molecule has 0 aliphatic carbocycles. The average Bonchev–Trinajstić information content (AvgIpc) is 2.40. The monoisotopic (exact) mass is 232 g/mol. The van der Waals surface area contributed by atoms with E-state index in [1.165, 1.54) is 25.7 Å². The third kappa shape index (κ3) is 14.0. The van der Waals surface area contributed by atoms with Gasteiger partial charge >= 0.3 is 0 Å². The van der Waals surface area contributed by atoms with Crippen molar-refractivity contribution in [1.82, 2.24) is 0 Å². The molecule has 0 fully saturated rings. The van der Waals surface area contributed by atoms with Gasteiger partial charge in [0.25, 0.3) is 0 Å². The van der Waals surface area contributed by atoms with Crippen LogP contribution in [0.1, 0.15) is 80.6 Å². The molecule has 0 radical (unpaired) electrons. The molecule has 0 bridgehead atoms. The van der Waals surface area contributed by atoms with Gasteiger partial charge in [0.05, 0.1) is 0 Å². The molecule has 1 N–H and O–H groups in total. The van der Waals surface area contributed by atoms with Crippen LogP contribution in [0.3, 0.4) is 0 Å². The Labute approximate surface area is 105 Å². The number of aliphatic hydroxyl groups is 1. The van der Waals surface area contributed by atoms with Crippen molar-refractivity contribution >= 4 is 0 Å². The minimum absolute atomic E-state index is 0.372. The summed E-state index contributed by atoms with van der Waals surface area (Å²) in [6, 6.07) is 0.